The zero-order valence-electron chi connectivity index (χ0n) is 11.9. The summed E-state index contributed by atoms with van der Waals surface area (Å²) >= 11 is 0. The van der Waals surface area contributed by atoms with E-state index in [-0.39, 0.29) is 22.4 Å². The lowest BCUT2D eigenvalue weighted by atomic mass is 10.1. The number of para-hydroxylation sites is 1. The fourth-order valence-corrected chi connectivity index (χ4v) is 2.31. The highest BCUT2D eigenvalue weighted by atomic mass is 16.5. The maximum atomic E-state index is 12.2. The van der Waals surface area contributed by atoms with Gasteiger partial charge >= 0.3 is 5.97 Å². The van der Waals surface area contributed by atoms with Crippen molar-refractivity contribution in [1.29, 1.82) is 5.26 Å². The second-order valence-corrected chi connectivity index (χ2v) is 4.82. The van der Waals surface area contributed by atoms with Crippen LogP contribution >= 0.6 is 0 Å². The quantitative estimate of drug-likeness (QED) is 0.490. The number of hydrogen-bond donors (Lipinski definition) is 0. The largest absolute Gasteiger partial charge is 0.424 e. The predicted octanol–water partition coefficient (Wildman–Crippen LogP) is 1.76. The first kappa shape index (κ1) is 14.5. The Kier molecular flexibility index (Phi) is 3.61. The van der Waals surface area contributed by atoms with Crippen LogP contribution in [0.4, 0.5) is 0 Å². The molecule has 0 bridgehead atoms. The molecule has 2 aromatic carbocycles. The molecule has 2 aromatic rings. The number of carbonyl (C=O) groups is 3. The van der Waals surface area contributed by atoms with Gasteiger partial charge in [-0.3, -0.25) is 14.5 Å². The topological polar surface area (TPSA) is 87.5 Å². The van der Waals surface area contributed by atoms with Crippen LogP contribution in [0.5, 0.6) is 5.75 Å². The third kappa shape index (κ3) is 2.56. The Morgan fingerprint density at radius 2 is 1.57 bits per heavy atom. The fourth-order valence-electron chi connectivity index (χ4n) is 2.31. The van der Waals surface area contributed by atoms with Crippen LogP contribution in [0.1, 0.15) is 26.3 Å². The van der Waals surface area contributed by atoms with Crippen LogP contribution in [0.25, 0.3) is 0 Å². The van der Waals surface area contributed by atoms with Crippen LogP contribution < -0.4 is 4.74 Å². The van der Waals surface area contributed by atoms with E-state index in [2.05, 4.69) is 0 Å². The molecule has 112 valence electrons. The van der Waals surface area contributed by atoms with Gasteiger partial charge in [0.15, 0.2) is 0 Å². The van der Waals surface area contributed by atoms with Crippen molar-refractivity contribution in [2.24, 2.45) is 0 Å². The van der Waals surface area contributed by atoms with Crippen molar-refractivity contribution in [3.05, 3.63) is 65.2 Å². The molecule has 0 aromatic heterocycles. The Morgan fingerprint density at radius 1 is 1.00 bits per heavy atom. The molecule has 3 rings (SSSR count). The average molecular weight is 306 g/mol. The second kappa shape index (κ2) is 5.73. The Bertz CT molecular complexity index is 832. The lowest BCUT2D eigenvalue weighted by molar-refractivity contribution is -0.134. The van der Waals surface area contributed by atoms with Gasteiger partial charge in [0.25, 0.3) is 11.8 Å². The van der Waals surface area contributed by atoms with E-state index in [1.165, 1.54) is 24.3 Å². The minimum Gasteiger partial charge on any atom is -0.424 e. The van der Waals surface area contributed by atoms with Gasteiger partial charge in [-0.25, -0.2) is 4.79 Å². The molecule has 0 aliphatic carbocycles. The van der Waals surface area contributed by atoms with Gasteiger partial charge < -0.3 is 4.74 Å². The van der Waals surface area contributed by atoms with E-state index >= 15 is 0 Å². The van der Waals surface area contributed by atoms with Crippen LogP contribution in [-0.4, -0.2) is 29.2 Å². The molecule has 0 saturated carbocycles. The van der Waals surface area contributed by atoms with Gasteiger partial charge in [0, 0.05) is 0 Å². The normalized spacial score (nSPS) is 12.7. The van der Waals surface area contributed by atoms with E-state index in [0.29, 0.717) is 0 Å². The van der Waals surface area contributed by atoms with Gasteiger partial charge in [0.1, 0.15) is 18.4 Å². The first-order valence-electron chi connectivity index (χ1n) is 6.77. The van der Waals surface area contributed by atoms with E-state index < -0.39 is 24.3 Å². The molecule has 0 saturated heterocycles. The Morgan fingerprint density at radius 3 is 2.17 bits per heavy atom. The number of nitrogens with zero attached hydrogens (tertiary/aromatic N) is 2. The van der Waals surface area contributed by atoms with E-state index in [4.69, 9.17) is 10.00 Å². The number of rotatable bonds is 3. The first-order valence-corrected chi connectivity index (χ1v) is 6.77. The van der Waals surface area contributed by atoms with Crippen LogP contribution in [0, 0.1) is 11.3 Å². The fraction of sp³-hybridized carbons (Fsp3) is 0.0588. The molecule has 0 fully saturated rings. The molecule has 1 heterocycles. The summed E-state index contributed by atoms with van der Waals surface area (Å²) in [6, 6.07) is 14.5. The molecule has 6 nitrogen and oxygen atoms in total. The minimum absolute atomic E-state index is 0.0941. The maximum absolute atomic E-state index is 12.2. The lowest BCUT2D eigenvalue weighted by Gasteiger charge is -2.13. The third-order valence-electron chi connectivity index (χ3n) is 3.40. The summed E-state index contributed by atoms with van der Waals surface area (Å²) in [6.07, 6.45) is 0. The number of amides is 2. The van der Waals surface area contributed by atoms with Gasteiger partial charge in [-0.1, -0.05) is 24.3 Å². The van der Waals surface area contributed by atoms with E-state index in [1.54, 1.807) is 24.3 Å². The number of hydrogen-bond acceptors (Lipinski definition) is 5. The van der Waals surface area contributed by atoms with Crippen molar-refractivity contribution in [3.63, 3.8) is 0 Å². The number of imide groups is 1. The van der Waals surface area contributed by atoms with Crippen LogP contribution in [0.3, 0.4) is 0 Å². The monoisotopic (exact) mass is 306 g/mol. The summed E-state index contributed by atoms with van der Waals surface area (Å²) in [5.41, 5.74) is 0.730. The number of nitriles is 1. The summed E-state index contributed by atoms with van der Waals surface area (Å²) in [5, 5.41) is 8.96. The van der Waals surface area contributed by atoms with Crippen molar-refractivity contribution >= 4 is 17.8 Å². The number of fused-ring (bicyclic) bond motifs is 1. The van der Waals surface area contributed by atoms with Crippen molar-refractivity contribution in [3.8, 4) is 11.8 Å². The summed E-state index contributed by atoms with van der Waals surface area (Å²) in [5.74, 6) is -1.76. The zero-order chi connectivity index (χ0) is 16.4. The Balaban J connectivity index is 1.76. The molecule has 0 spiro atoms. The molecule has 0 N–H and O–H groups in total. The van der Waals surface area contributed by atoms with Crippen molar-refractivity contribution in [2.45, 2.75) is 0 Å². The van der Waals surface area contributed by atoms with Gasteiger partial charge in [-0.2, -0.15) is 5.26 Å². The van der Waals surface area contributed by atoms with Crippen LogP contribution in [0.15, 0.2) is 48.5 Å². The number of benzene rings is 2. The second-order valence-electron chi connectivity index (χ2n) is 4.82. The summed E-state index contributed by atoms with van der Waals surface area (Å²) in [4.78, 5) is 37.2. The Labute approximate surface area is 131 Å². The highest BCUT2D eigenvalue weighted by Crippen LogP contribution is 2.23. The lowest BCUT2D eigenvalue weighted by Crippen LogP contribution is -2.36. The predicted molar refractivity (Wildman–Crippen MR) is 78.6 cm³/mol. The summed E-state index contributed by atoms with van der Waals surface area (Å²) in [7, 11) is 0. The van der Waals surface area contributed by atoms with Gasteiger partial charge in [0.2, 0.25) is 0 Å². The summed E-state index contributed by atoms with van der Waals surface area (Å²) in [6.45, 7) is -0.508. The van der Waals surface area contributed by atoms with E-state index in [9.17, 15) is 14.4 Å². The van der Waals surface area contributed by atoms with Crippen LogP contribution in [0.2, 0.25) is 0 Å². The average Bonchev–Trinajstić information content (AvgIpc) is 2.81. The molecule has 2 amide bonds. The summed E-state index contributed by atoms with van der Waals surface area (Å²) < 4.78 is 5.09. The standard InChI is InChI=1S/C17H10N2O4/c18-9-11-5-1-4-8-14(11)23-15(20)10-19-16(21)12-6-2-3-7-13(12)17(19)22/h1-8H,10H2. The molecule has 0 unspecified atom stereocenters. The van der Waals surface area contributed by atoms with Gasteiger partial charge in [-0.15, -0.1) is 0 Å². The molecular formula is C17H10N2O4. The smallest absolute Gasteiger partial charge is 0.331 e. The van der Waals surface area contributed by atoms with Crippen molar-refractivity contribution in [1.82, 2.24) is 4.90 Å². The highest BCUT2D eigenvalue weighted by molar-refractivity contribution is 6.22. The number of carbonyl (C=O) groups excluding carboxylic acids is 3. The maximum Gasteiger partial charge on any atom is 0.331 e. The molecule has 1 aliphatic rings. The molecule has 6 heteroatoms. The molecular weight excluding hydrogens is 296 g/mol. The van der Waals surface area contributed by atoms with E-state index in [0.717, 1.165) is 4.90 Å². The molecule has 1 aliphatic heterocycles. The first-order chi connectivity index (χ1) is 11.1. The third-order valence-corrected chi connectivity index (χ3v) is 3.40. The van der Waals surface area contributed by atoms with Crippen molar-refractivity contribution in [2.75, 3.05) is 6.54 Å². The number of ether oxygens (including phenoxy) is 1. The highest BCUT2D eigenvalue weighted by Gasteiger charge is 2.36. The van der Waals surface area contributed by atoms with Crippen molar-refractivity contribution < 1.29 is 19.1 Å². The van der Waals surface area contributed by atoms with E-state index in [1.807, 2.05) is 6.07 Å². The zero-order valence-corrected chi connectivity index (χ0v) is 11.9. The SMILES string of the molecule is N#Cc1ccccc1OC(=O)CN1C(=O)c2ccccc2C1=O. The molecule has 0 radical (unpaired) electrons. The number of esters is 1. The van der Waals surface area contributed by atoms with Crippen LogP contribution in [-0.2, 0) is 4.79 Å². The van der Waals surface area contributed by atoms with Gasteiger partial charge in [-0.05, 0) is 24.3 Å². The molecule has 0 atom stereocenters. The Hall–Kier alpha value is -3.46. The minimum atomic E-state index is -0.790. The van der Waals surface area contributed by atoms with Gasteiger partial charge in [0.05, 0.1) is 16.7 Å². The molecule has 23 heavy (non-hydrogen) atoms.